The van der Waals surface area contributed by atoms with Crippen LogP contribution >= 0.6 is 38.8 Å². The van der Waals surface area contributed by atoms with Gasteiger partial charge in [0.25, 0.3) is 0 Å². The molecule has 1 fully saturated rings. The maximum absolute atomic E-state index is 12.7. The van der Waals surface area contributed by atoms with E-state index < -0.39 is 27.5 Å². The van der Waals surface area contributed by atoms with Crippen molar-refractivity contribution in [1.29, 1.82) is 0 Å². The zero-order chi connectivity index (χ0) is 28.5. The highest BCUT2D eigenvalue weighted by atomic mass is 35.5. The average molecular weight is 630 g/mol. The number of phosphoric ester groups is 2. The normalized spacial score (nSPS) is 21.8. The summed E-state index contributed by atoms with van der Waals surface area (Å²) in [7, 11) is -9.16. The van der Waals surface area contributed by atoms with Crippen LogP contribution in [0, 0.1) is 11.8 Å². The zero-order valence-corrected chi connectivity index (χ0v) is 23.8. The molecule has 40 heavy (non-hydrogen) atoms. The number of nitrogens with two attached hydrogens (primary N) is 1. The van der Waals surface area contributed by atoms with Gasteiger partial charge in [0.05, 0.1) is 35.8 Å². The number of phosphoric acid groups is 2. The van der Waals surface area contributed by atoms with Gasteiger partial charge in [0, 0.05) is 12.0 Å². The molecular formula is C23H23Cl2N5O8P2. The van der Waals surface area contributed by atoms with E-state index in [1.807, 2.05) is 0 Å². The molecule has 0 spiro atoms. The van der Waals surface area contributed by atoms with E-state index in [1.165, 1.54) is 30.5 Å². The van der Waals surface area contributed by atoms with Crippen LogP contribution in [0.25, 0.3) is 11.2 Å². The van der Waals surface area contributed by atoms with Crippen LogP contribution in [0.1, 0.15) is 12.5 Å². The maximum Gasteiger partial charge on any atom is 0.527 e. The van der Waals surface area contributed by atoms with Crippen molar-refractivity contribution >= 4 is 56.0 Å². The lowest BCUT2D eigenvalue weighted by Gasteiger charge is -2.45. The molecule has 5 rings (SSSR count). The summed E-state index contributed by atoms with van der Waals surface area (Å²) in [5, 5.41) is 0.272. The first kappa shape index (κ1) is 28.8. The monoisotopic (exact) mass is 629 g/mol. The van der Waals surface area contributed by atoms with Gasteiger partial charge in [-0.1, -0.05) is 47.5 Å². The number of hydrogen-bond acceptors (Lipinski definition) is 10. The van der Waals surface area contributed by atoms with E-state index in [-0.39, 0.29) is 46.7 Å². The summed E-state index contributed by atoms with van der Waals surface area (Å²) in [5.74, 6) is -0.874. The summed E-state index contributed by atoms with van der Waals surface area (Å²) in [6.45, 7) is -0.508. The summed E-state index contributed by atoms with van der Waals surface area (Å²) in [6, 6.07) is 12.0. The quantitative estimate of drug-likeness (QED) is 0.183. The Balaban J connectivity index is 1.32. The number of para-hydroxylation sites is 2. The number of benzene rings is 2. The molecule has 1 aliphatic rings. The van der Waals surface area contributed by atoms with Gasteiger partial charge in [0.15, 0.2) is 5.65 Å². The number of imidazole rings is 1. The van der Waals surface area contributed by atoms with Crippen molar-refractivity contribution in [2.75, 3.05) is 18.9 Å². The second-order valence-electron chi connectivity index (χ2n) is 8.89. The molecule has 212 valence electrons. The standard InChI is InChI=1S/C23H23Cl2N5O8P2/c24-16-5-1-3-7-20(16)37-39(31,32)35-11-14-9-19(30-13-28-18-10-27-23(26)29-22(18)30)15(14)12-36-40(33,34)38-21-8-4-2-6-17(21)25/h1-8,10,13-15,19H,9,11-12H2,(H,31,32)(H,33,34)(H2,26,27,29). The minimum atomic E-state index is -4.60. The Kier molecular flexibility index (Phi) is 8.37. The van der Waals surface area contributed by atoms with Crippen molar-refractivity contribution in [3.05, 3.63) is 71.1 Å². The molecular weight excluding hydrogens is 607 g/mol. The molecule has 1 saturated carbocycles. The molecule has 2 aromatic carbocycles. The van der Waals surface area contributed by atoms with E-state index in [0.29, 0.717) is 17.6 Å². The molecule has 0 amide bonds. The molecule has 13 nitrogen and oxygen atoms in total. The van der Waals surface area contributed by atoms with Crippen molar-refractivity contribution in [1.82, 2.24) is 19.5 Å². The lowest BCUT2D eigenvalue weighted by atomic mass is 9.70. The Morgan fingerprint density at radius 1 is 0.925 bits per heavy atom. The van der Waals surface area contributed by atoms with Crippen molar-refractivity contribution < 1.29 is 37.0 Å². The predicted octanol–water partition coefficient (Wildman–Crippen LogP) is 5.28. The summed E-state index contributed by atoms with van der Waals surface area (Å²) in [6.07, 6.45) is 3.45. The average Bonchev–Trinajstić information content (AvgIpc) is 3.28. The highest BCUT2D eigenvalue weighted by Gasteiger charge is 2.45. The van der Waals surface area contributed by atoms with E-state index in [1.54, 1.807) is 35.2 Å². The number of nitrogen functional groups attached to an aromatic ring is 1. The van der Waals surface area contributed by atoms with Crippen LogP contribution in [0.15, 0.2) is 61.1 Å². The summed E-state index contributed by atoms with van der Waals surface area (Å²) in [5.41, 5.74) is 6.71. The SMILES string of the molecule is Nc1ncc2ncn(C3CC(COP(=O)(O)Oc4ccccc4Cl)C3COP(=O)(O)Oc3ccccc3Cl)c2n1. The minimum absolute atomic E-state index is 0.0125. The van der Waals surface area contributed by atoms with Crippen molar-refractivity contribution in [2.45, 2.75) is 12.5 Å². The predicted molar refractivity (Wildman–Crippen MR) is 146 cm³/mol. The van der Waals surface area contributed by atoms with Crippen LogP contribution in [0.2, 0.25) is 10.0 Å². The molecule has 2 aromatic heterocycles. The number of anilines is 1. The van der Waals surface area contributed by atoms with Crippen molar-refractivity contribution in [3.8, 4) is 11.5 Å². The maximum atomic E-state index is 12.7. The zero-order valence-electron chi connectivity index (χ0n) is 20.5. The number of nitrogens with zero attached hydrogens (tertiary/aromatic N) is 4. The summed E-state index contributed by atoms with van der Waals surface area (Å²) >= 11 is 12.0. The molecule has 17 heteroatoms. The van der Waals surface area contributed by atoms with Gasteiger partial charge >= 0.3 is 15.6 Å². The lowest BCUT2D eigenvalue weighted by Crippen LogP contribution is -2.43. The molecule has 5 atom stereocenters. The van der Waals surface area contributed by atoms with Gasteiger partial charge in [0.1, 0.15) is 17.0 Å². The second kappa shape index (κ2) is 11.6. The van der Waals surface area contributed by atoms with E-state index in [2.05, 4.69) is 15.0 Å². The molecule has 0 radical (unpaired) electrons. The summed E-state index contributed by atoms with van der Waals surface area (Å²) < 4.78 is 48.0. The van der Waals surface area contributed by atoms with Crippen LogP contribution in [0.5, 0.6) is 11.5 Å². The molecule has 4 N–H and O–H groups in total. The van der Waals surface area contributed by atoms with Crippen LogP contribution in [0.3, 0.4) is 0 Å². The van der Waals surface area contributed by atoms with E-state index in [0.717, 1.165) is 0 Å². The Morgan fingerprint density at radius 3 is 2.10 bits per heavy atom. The third kappa shape index (κ3) is 6.59. The first-order chi connectivity index (χ1) is 19.0. The van der Waals surface area contributed by atoms with E-state index >= 15 is 0 Å². The fourth-order valence-electron chi connectivity index (χ4n) is 4.33. The van der Waals surface area contributed by atoms with Crippen molar-refractivity contribution in [3.63, 3.8) is 0 Å². The number of aromatic nitrogens is 4. The fraction of sp³-hybridized carbons (Fsp3) is 0.261. The second-order valence-corrected chi connectivity index (χ2v) is 12.5. The highest BCUT2D eigenvalue weighted by Crippen LogP contribution is 2.53. The molecule has 1 aliphatic carbocycles. The van der Waals surface area contributed by atoms with E-state index in [4.69, 9.17) is 47.0 Å². The Labute approximate surface area is 238 Å². The molecule has 0 aliphatic heterocycles. The Bertz CT molecular complexity index is 1630. The third-order valence-electron chi connectivity index (χ3n) is 6.32. The van der Waals surface area contributed by atoms with Crippen LogP contribution in [-0.4, -0.2) is 42.5 Å². The van der Waals surface area contributed by atoms with Crippen LogP contribution < -0.4 is 14.8 Å². The van der Waals surface area contributed by atoms with Gasteiger partial charge in [-0.25, -0.2) is 19.1 Å². The fourth-order valence-corrected chi connectivity index (χ4v) is 6.45. The number of rotatable bonds is 11. The topological polar surface area (TPSA) is 181 Å². The number of fused-ring (bicyclic) bond motifs is 1. The summed E-state index contributed by atoms with van der Waals surface area (Å²) in [4.78, 5) is 33.1. The first-order valence-electron chi connectivity index (χ1n) is 11.8. The van der Waals surface area contributed by atoms with Gasteiger partial charge in [-0.05, 0) is 36.6 Å². The largest absolute Gasteiger partial charge is 0.527 e. The van der Waals surface area contributed by atoms with Gasteiger partial charge in [-0.3, -0.25) is 18.8 Å². The van der Waals surface area contributed by atoms with Crippen LogP contribution in [0.4, 0.5) is 5.95 Å². The Hall–Kier alpha value is -2.73. The molecule has 5 unspecified atom stereocenters. The third-order valence-corrected chi connectivity index (χ3v) is 8.75. The molecule has 0 bridgehead atoms. The molecule has 4 aromatic rings. The van der Waals surface area contributed by atoms with E-state index in [9.17, 15) is 18.9 Å². The van der Waals surface area contributed by atoms with Gasteiger partial charge in [0.2, 0.25) is 5.95 Å². The lowest BCUT2D eigenvalue weighted by molar-refractivity contribution is -0.00443. The minimum Gasteiger partial charge on any atom is -0.403 e. The van der Waals surface area contributed by atoms with Gasteiger partial charge in [-0.2, -0.15) is 4.98 Å². The van der Waals surface area contributed by atoms with Crippen molar-refractivity contribution in [2.24, 2.45) is 11.8 Å². The molecule has 0 saturated heterocycles. The van der Waals surface area contributed by atoms with Crippen LogP contribution in [-0.2, 0) is 18.2 Å². The number of hydrogen-bond donors (Lipinski definition) is 3. The smallest absolute Gasteiger partial charge is 0.403 e. The Morgan fingerprint density at radius 2 is 1.50 bits per heavy atom. The number of halogens is 2. The highest BCUT2D eigenvalue weighted by molar-refractivity contribution is 7.48. The first-order valence-corrected chi connectivity index (χ1v) is 15.5. The molecule has 2 heterocycles. The van der Waals surface area contributed by atoms with Gasteiger partial charge in [-0.15, -0.1) is 0 Å². The van der Waals surface area contributed by atoms with Gasteiger partial charge < -0.3 is 19.3 Å².